The SMILES string of the molecule is COc1ccc(C(=O)/C=C2\C(=O)Nc3ccc(Cl)cc32)cc1. The molecular formula is C17H12ClNO3. The molecule has 22 heavy (non-hydrogen) atoms. The van der Waals surface area contributed by atoms with E-state index in [1.807, 2.05) is 0 Å². The highest BCUT2D eigenvalue weighted by molar-refractivity contribution is 6.36. The first-order chi connectivity index (χ1) is 10.6. The number of allylic oxidation sites excluding steroid dienone is 1. The van der Waals surface area contributed by atoms with Gasteiger partial charge in [-0.25, -0.2) is 0 Å². The van der Waals surface area contributed by atoms with Gasteiger partial charge in [0.05, 0.1) is 12.7 Å². The summed E-state index contributed by atoms with van der Waals surface area (Å²) in [5.74, 6) is 0.111. The third kappa shape index (κ3) is 2.61. The zero-order chi connectivity index (χ0) is 15.7. The summed E-state index contributed by atoms with van der Waals surface area (Å²) < 4.78 is 5.05. The minimum atomic E-state index is -0.306. The molecule has 1 aliphatic rings. The highest BCUT2D eigenvalue weighted by atomic mass is 35.5. The number of amides is 1. The van der Waals surface area contributed by atoms with E-state index in [2.05, 4.69) is 5.32 Å². The van der Waals surface area contributed by atoms with Crippen molar-refractivity contribution in [2.45, 2.75) is 0 Å². The average Bonchev–Trinajstić information content (AvgIpc) is 2.83. The highest BCUT2D eigenvalue weighted by Gasteiger charge is 2.25. The van der Waals surface area contributed by atoms with Crippen molar-refractivity contribution in [1.82, 2.24) is 0 Å². The van der Waals surface area contributed by atoms with Crippen LogP contribution in [0.1, 0.15) is 15.9 Å². The van der Waals surface area contributed by atoms with Gasteiger partial charge in [0.25, 0.3) is 5.91 Å². The number of nitrogens with one attached hydrogen (secondary N) is 1. The molecule has 3 rings (SSSR count). The van der Waals surface area contributed by atoms with Crippen LogP contribution in [0.3, 0.4) is 0 Å². The van der Waals surface area contributed by atoms with Crippen LogP contribution in [0.15, 0.2) is 48.5 Å². The first-order valence-corrected chi connectivity index (χ1v) is 6.97. The smallest absolute Gasteiger partial charge is 0.256 e. The summed E-state index contributed by atoms with van der Waals surface area (Å²) in [6, 6.07) is 11.8. The molecule has 0 saturated carbocycles. The molecule has 0 fully saturated rings. The van der Waals surface area contributed by atoms with Crippen molar-refractivity contribution in [2.75, 3.05) is 12.4 Å². The molecule has 2 aromatic rings. The largest absolute Gasteiger partial charge is 0.497 e. The van der Waals surface area contributed by atoms with Crippen LogP contribution >= 0.6 is 11.6 Å². The molecule has 1 heterocycles. The number of ketones is 1. The van der Waals surface area contributed by atoms with E-state index in [1.165, 1.54) is 6.08 Å². The van der Waals surface area contributed by atoms with E-state index in [0.717, 1.165) is 0 Å². The van der Waals surface area contributed by atoms with Gasteiger partial charge in [0.15, 0.2) is 5.78 Å². The lowest BCUT2D eigenvalue weighted by Crippen LogP contribution is -2.06. The molecule has 0 unspecified atom stereocenters. The van der Waals surface area contributed by atoms with Crippen molar-refractivity contribution >= 4 is 34.6 Å². The second-order valence-corrected chi connectivity index (χ2v) is 5.23. The van der Waals surface area contributed by atoms with Gasteiger partial charge in [-0.3, -0.25) is 9.59 Å². The minimum absolute atomic E-state index is 0.249. The van der Waals surface area contributed by atoms with Gasteiger partial charge in [-0.2, -0.15) is 0 Å². The molecule has 0 bridgehead atoms. The van der Waals surface area contributed by atoms with Crippen molar-refractivity contribution in [3.05, 3.63) is 64.7 Å². The number of carbonyl (C=O) groups excluding carboxylic acids is 2. The predicted molar refractivity (Wildman–Crippen MR) is 85.4 cm³/mol. The number of benzene rings is 2. The molecule has 0 atom stereocenters. The van der Waals surface area contributed by atoms with E-state index < -0.39 is 0 Å². The zero-order valence-corrected chi connectivity index (χ0v) is 12.5. The number of fused-ring (bicyclic) bond motifs is 1. The van der Waals surface area contributed by atoms with Gasteiger partial charge >= 0.3 is 0 Å². The maximum atomic E-state index is 12.3. The number of rotatable bonds is 3. The first kappa shape index (κ1) is 14.4. The van der Waals surface area contributed by atoms with Crippen LogP contribution < -0.4 is 10.1 Å². The van der Waals surface area contributed by atoms with E-state index in [-0.39, 0.29) is 11.7 Å². The molecular weight excluding hydrogens is 302 g/mol. The van der Waals surface area contributed by atoms with E-state index in [0.29, 0.717) is 33.2 Å². The standard InChI is InChI=1S/C17H12ClNO3/c1-22-12-5-2-10(3-6-12)16(20)9-14-13-8-11(18)4-7-15(13)19-17(14)21/h2-9H,1H3,(H,19,21)/b14-9-. The second kappa shape index (κ2) is 5.66. The Morgan fingerprint density at radius 3 is 2.59 bits per heavy atom. The van der Waals surface area contributed by atoms with Crippen LogP contribution in [0.25, 0.3) is 5.57 Å². The van der Waals surface area contributed by atoms with Crippen molar-refractivity contribution in [1.29, 1.82) is 0 Å². The van der Waals surface area contributed by atoms with Crippen molar-refractivity contribution in [3.8, 4) is 5.75 Å². The quantitative estimate of drug-likeness (QED) is 0.696. The monoisotopic (exact) mass is 313 g/mol. The van der Waals surface area contributed by atoms with Crippen LogP contribution in [-0.2, 0) is 4.79 Å². The number of anilines is 1. The minimum Gasteiger partial charge on any atom is -0.497 e. The molecule has 0 aliphatic carbocycles. The van der Waals surface area contributed by atoms with Crippen molar-refractivity contribution in [2.24, 2.45) is 0 Å². The topological polar surface area (TPSA) is 55.4 Å². The lowest BCUT2D eigenvalue weighted by atomic mass is 10.0. The number of hydrogen-bond donors (Lipinski definition) is 1. The van der Waals surface area contributed by atoms with E-state index in [1.54, 1.807) is 49.6 Å². The van der Waals surface area contributed by atoms with Crippen LogP contribution in [0.2, 0.25) is 5.02 Å². The van der Waals surface area contributed by atoms with Gasteiger partial charge in [-0.05, 0) is 48.5 Å². The Morgan fingerprint density at radius 1 is 1.18 bits per heavy atom. The van der Waals surface area contributed by atoms with Gasteiger partial charge in [-0.15, -0.1) is 0 Å². The molecule has 1 N–H and O–H groups in total. The first-order valence-electron chi connectivity index (χ1n) is 6.60. The van der Waals surface area contributed by atoms with Gasteiger partial charge in [0.2, 0.25) is 0 Å². The van der Waals surface area contributed by atoms with Crippen LogP contribution in [0, 0.1) is 0 Å². The molecule has 0 saturated heterocycles. The van der Waals surface area contributed by atoms with Crippen LogP contribution in [0.5, 0.6) is 5.75 Å². The molecule has 0 spiro atoms. The number of methoxy groups -OCH3 is 1. The summed E-state index contributed by atoms with van der Waals surface area (Å²) >= 11 is 5.96. The number of halogens is 1. The third-order valence-corrected chi connectivity index (χ3v) is 3.65. The Balaban J connectivity index is 1.96. The summed E-state index contributed by atoms with van der Waals surface area (Å²) in [5, 5.41) is 3.22. The Labute approximate surface area is 132 Å². The molecule has 5 heteroatoms. The molecule has 0 aromatic heterocycles. The number of ether oxygens (including phenoxy) is 1. The van der Waals surface area contributed by atoms with Crippen molar-refractivity contribution < 1.29 is 14.3 Å². The molecule has 110 valence electrons. The zero-order valence-electron chi connectivity index (χ0n) is 11.7. The molecule has 4 nitrogen and oxygen atoms in total. The summed E-state index contributed by atoms with van der Waals surface area (Å²) in [4.78, 5) is 24.3. The predicted octanol–water partition coefficient (Wildman–Crippen LogP) is 3.57. The molecule has 0 radical (unpaired) electrons. The fraction of sp³-hybridized carbons (Fsp3) is 0.0588. The van der Waals surface area contributed by atoms with Crippen molar-refractivity contribution in [3.63, 3.8) is 0 Å². The Morgan fingerprint density at radius 2 is 1.91 bits per heavy atom. The summed E-state index contributed by atoms with van der Waals surface area (Å²) in [7, 11) is 1.56. The summed E-state index contributed by atoms with van der Waals surface area (Å²) in [6.45, 7) is 0. The van der Waals surface area contributed by atoms with Gasteiger partial charge in [-0.1, -0.05) is 11.6 Å². The van der Waals surface area contributed by atoms with Gasteiger partial charge < -0.3 is 10.1 Å². The molecule has 2 aromatic carbocycles. The summed E-state index contributed by atoms with van der Waals surface area (Å²) in [6.07, 6.45) is 1.33. The van der Waals surface area contributed by atoms with Gasteiger partial charge in [0.1, 0.15) is 5.75 Å². The summed E-state index contributed by atoms with van der Waals surface area (Å²) in [5.41, 5.74) is 2.09. The normalized spacial score (nSPS) is 14.6. The fourth-order valence-electron chi connectivity index (χ4n) is 2.27. The maximum Gasteiger partial charge on any atom is 0.256 e. The molecule has 1 aliphatic heterocycles. The van der Waals surface area contributed by atoms with Crippen LogP contribution in [-0.4, -0.2) is 18.8 Å². The Kier molecular flexibility index (Phi) is 3.69. The van der Waals surface area contributed by atoms with E-state index in [9.17, 15) is 9.59 Å². The van der Waals surface area contributed by atoms with E-state index >= 15 is 0 Å². The lowest BCUT2D eigenvalue weighted by Gasteiger charge is -2.01. The highest BCUT2D eigenvalue weighted by Crippen LogP contribution is 2.33. The van der Waals surface area contributed by atoms with E-state index in [4.69, 9.17) is 16.3 Å². The number of hydrogen-bond acceptors (Lipinski definition) is 3. The average molecular weight is 314 g/mol. The number of carbonyl (C=O) groups is 2. The van der Waals surface area contributed by atoms with Crippen LogP contribution in [0.4, 0.5) is 5.69 Å². The lowest BCUT2D eigenvalue weighted by molar-refractivity contribution is -0.110. The second-order valence-electron chi connectivity index (χ2n) is 4.79. The fourth-order valence-corrected chi connectivity index (χ4v) is 2.45. The Bertz CT molecular complexity index is 794. The third-order valence-electron chi connectivity index (χ3n) is 3.41. The maximum absolute atomic E-state index is 12.3. The molecule has 1 amide bonds. The van der Waals surface area contributed by atoms with Gasteiger partial charge in [0, 0.05) is 21.8 Å². The Hall–Kier alpha value is -2.59.